The largest absolute Gasteiger partial charge is 0.379 e. The number of carbonyl (C=O) groups excluding carboxylic acids is 3. The van der Waals surface area contributed by atoms with Crippen molar-refractivity contribution >= 4 is 17.7 Å². The van der Waals surface area contributed by atoms with E-state index in [0.29, 0.717) is 30.9 Å². The van der Waals surface area contributed by atoms with Gasteiger partial charge in [0.2, 0.25) is 0 Å². The van der Waals surface area contributed by atoms with Gasteiger partial charge < -0.3 is 10.1 Å². The van der Waals surface area contributed by atoms with E-state index < -0.39 is 0 Å². The number of ether oxygens (including phenoxy) is 1. The highest BCUT2D eigenvalue weighted by Gasteiger charge is 2.35. The number of carbonyl (C=O) groups is 3. The molecule has 29 heavy (non-hydrogen) atoms. The number of hydrogen-bond acceptors (Lipinski definition) is 5. The standard InChI is InChI=1S/C22H23N3O4/c26-20(23-8-9-24-10-12-29-13-11-24)17-6-7-18-19(14-17)22(28)25(21(18)27)15-16-4-2-1-3-5-16/h1-7,14H,8-13,15H2,(H,23,26). The Morgan fingerprint density at radius 3 is 2.45 bits per heavy atom. The van der Waals surface area contributed by atoms with Crippen molar-refractivity contribution in [3.63, 3.8) is 0 Å². The van der Waals surface area contributed by atoms with Crippen molar-refractivity contribution in [2.75, 3.05) is 39.4 Å². The monoisotopic (exact) mass is 393 g/mol. The van der Waals surface area contributed by atoms with Crippen molar-refractivity contribution in [3.8, 4) is 0 Å². The molecule has 2 aromatic carbocycles. The Morgan fingerprint density at radius 1 is 0.966 bits per heavy atom. The highest BCUT2D eigenvalue weighted by atomic mass is 16.5. The lowest BCUT2D eigenvalue weighted by Crippen LogP contribution is -2.41. The Morgan fingerprint density at radius 2 is 1.69 bits per heavy atom. The summed E-state index contributed by atoms with van der Waals surface area (Å²) in [6, 6.07) is 14.0. The molecule has 2 heterocycles. The third-order valence-corrected chi connectivity index (χ3v) is 5.23. The Hall–Kier alpha value is -3.03. The lowest BCUT2D eigenvalue weighted by molar-refractivity contribution is 0.0383. The minimum Gasteiger partial charge on any atom is -0.379 e. The number of fused-ring (bicyclic) bond motifs is 1. The maximum absolute atomic E-state index is 12.8. The van der Waals surface area contributed by atoms with Crippen LogP contribution in [0.25, 0.3) is 0 Å². The average Bonchev–Trinajstić information content (AvgIpc) is 2.99. The molecule has 0 aliphatic carbocycles. The molecule has 7 heteroatoms. The van der Waals surface area contributed by atoms with Gasteiger partial charge in [-0.2, -0.15) is 0 Å². The van der Waals surface area contributed by atoms with E-state index in [0.717, 1.165) is 25.2 Å². The first-order valence-electron chi connectivity index (χ1n) is 9.76. The lowest BCUT2D eigenvalue weighted by Gasteiger charge is -2.26. The van der Waals surface area contributed by atoms with Gasteiger partial charge in [0, 0.05) is 31.7 Å². The van der Waals surface area contributed by atoms with E-state index >= 15 is 0 Å². The second-order valence-corrected chi connectivity index (χ2v) is 7.15. The zero-order valence-corrected chi connectivity index (χ0v) is 16.1. The van der Waals surface area contributed by atoms with E-state index in [4.69, 9.17) is 4.74 Å². The highest BCUT2D eigenvalue weighted by molar-refractivity contribution is 6.22. The second-order valence-electron chi connectivity index (χ2n) is 7.15. The van der Waals surface area contributed by atoms with Crippen LogP contribution in [0.15, 0.2) is 48.5 Å². The predicted octanol–water partition coefficient (Wildman–Crippen LogP) is 1.54. The van der Waals surface area contributed by atoms with Crippen molar-refractivity contribution in [2.24, 2.45) is 0 Å². The molecule has 3 amide bonds. The Kier molecular flexibility index (Phi) is 5.69. The second kappa shape index (κ2) is 8.55. The minimum atomic E-state index is -0.364. The molecule has 0 bridgehead atoms. The molecule has 0 unspecified atom stereocenters. The Labute approximate surface area is 169 Å². The first-order valence-corrected chi connectivity index (χ1v) is 9.76. The van der Waals surface area contributed by atoms with Gasteiger partial charge in [0.1, 0.15) is 0 Å². The van der Waals surface area contributed by atoms with Crippen molar-refractivity contribution in [2.45, 2.75) is 6.54 Å². The van der Waals surface area contributed by atoms with E-state index in [1.165, 1.54) is 11.0 Å². The van der Waals surface area contributed by atoms with Gasteiger partial charge in [-0.25, -0.2) is 0 Å². The fourth-order valence-electron chi connectivity index (χ4n) is 3.60. The van der Waals surface area contributed by atoms with Gasteiger partial charge in [-0.3, -0.25) is 24.2 Å². The molecule has 0 atom stereocenters. The molecule has 0 spiro atoms. The van der Waals surface area contributed by atoms with Crippen molar-refractivity contribution in [1.82, 2.24) is 15.1 Å². The molecule has 0 radical (unpaired) electrons. The van der Waals surface area contributed by atoms with Crippen LogP contribution in [0.4, 0.5) is 0 Å². The fourth-order valence-corrected chi connectivity index (χ4v) is 3.60. The molecule has 1 N–H and O–H groups in total. The van der Waals surface area contributed by atoms with Crippen LogP contribution >= 0.6 is 0 Å². The molecule has 4 rings (SSSR count). The highest BCUT2D eigenvalue weighted by Crippen LogP contribution is 2.25. The van der Waals surface area contributed by atoms with Crippen molar-refractivity contribution in [3.05, 3.63) is 70.8 Å². The third-order valence-electron chi connectivity index (χ3n) is 5.23. The zero-order chi connectivity index (χ0) is 20.2. The van der Waals surface area contributed by atoms with Crippen LogP contribution in [-0.4, -0.2) is 66.9 Å². The summed E-state index contributed by atoms with van der Waals surface area (Å²) in [5.41, 5.74) is 1.89. The molecule has 0 aromatic heterocycles. The molecule has 7 nitrogen and oxygen atoms in total. The van der Waals surface area contributed by atoms with Gasteiger partial charge in [-0.15, -0.1) is 0 Å². The summed E-state index contributed by atoms with van der Waals surface area (Å²) >= 11 is 0. The van der Waals surface area contributed by atoms with Crippen LogP contribution in [0.5, 0.6) is 0 Å². The number of nitrogens with one attached hydrogen (secondary N) is 1. The van der Waals surface area contributed by atoms with Crippen LogP contribution in [0, 0.1) is 0 Å². The molecular weight excluding hydrogens is 370 g/mol. The summed E-state index contributed by atoms with van der Waals surface area (Å²) in [4.78, 5) is 41.3. The van der Waals surface area contributed by atoms with Gasteiger partial charge in [0.05, 0.1) is 30.9 Å². The number of hydrogen-bond donors (Lipinski definition) is 1. The molecule has 1 saturated heterocycles. The van der Waals surface area contributed by atoms with E-state index in [1.807, 2.05) is 30.3 Å². The third kappa shape index (κ3) is 4.21. The van der Waals surface area contributed by atoms with Crippen LogP contribution in [0.3, 0.4) is 0 Å². The van der Waals surface area contributed by atoms with Gasteiger partial charge in [-0.1, -0.05) is 30.3 Å². The first kappa shape index (κ1) is 19.3. The number of morpholine rings is 1. The average molecular weight is 393 g/mol. The zero-order valence-electron chi connectivity index (χ0n) is 16.1. The fraction of sp³-hybridized carbons (Fsp3) is 0.318. The number of rotatable bonds is 6. The van der Waals surface area contributed by atoms with Crippen LogP contribution in [-0.2, 0) is 11.3 Å². The number of amides is 3. The van der Waals surface area contributed by atoms with Gasteiger partial charge in [-0.05, 0) is 23.8 Å². The molecule has 1 fully saturated rings. The molecule has 150 valence electrons. The maximum Gasteiger partial charge on any atom is 0.261 e. The predicted molar refractivity (Wildman–Crippen MR) is 107 cm³/mol. The van der Waals surface area contributed by atoms with E-state index in [1.54, 1.807) is 12.1 Å². The Balaban J connectivity index is 1.40. The number of nitrogens with zero attached hydrogens (tertiary/aromatic N) is 2. The summed E-state index contributed by atoms with van der Waals surface area (Å²) < 4.78 is 5.31. The lowest BCUT2D eigenvalue weighted by atomic mass is 10.1. The number of imide groups is 1. The normalized spacial score (nSPS) is 16.8. The molecular formula is C22H23N3O4. The van der Waals surface area contributed by atoms with Crippen LogP contribution < -0.4 is 5.32 Å². The summed E-state index contributed by atoms with van der Waals surface area (Å²) in [7, 11) is 0. The van der Waals surface area contributed by atoms with Crippen molar-refractivity contribution < 1.29 is 19.1 Å². The minimum absolute atomic E-state index is 0.217. The smallest absolute Gasteiger partial charge is 0.261 e. The quantitative estimate of drug-likeness (QED) is 0.754. The molecule has 2 aliphatic rings. The topological polar surface area (TPSA) is 79.0 Å². The van der Waals surface area contributed by atoms with Crippen LogP contribution in [0.1, 0.15) is 36.6 Å². The van der Waals surface area contributed by atoms with Gasteiger partial charge in [0.25, 0.3) is 17.7 Å². The number of benzene rings is 2. The van der Waals surface area contributed by atoms with Gasteiger partial charge >= 0.3 is 0 Å². The van der Waals surface area contributed by atoms with Crippen molar-refractivity contribution in [1.29, 1.82) is 0 Å². The van der Waals surface area contributed by atoms with Crippen LogP contribution in [0.2, 0.25) is 0 Å². The molecule has 2 aromatic rings. The maximum atomic E-state index is 12.8. The van der Waals surface area contributed by atoms with E-state index in [9.17, 15) is 14.4 Å². The summed E-state index contributed by atoms with van der Waals surface area (Å²) in [6.45, 7) is 4.65. The summed E-state index contributed by atoms with van der Waals surface area (Å²) in [5.74, 6) is -0.937. The Bertz CT molecular complexity index is 923. The first-order chi connectivity index (χ1) is 14.1. The summed E-state index contributed by atoms with van der Waals surface area (Å²) in [5, 5.41) is 2.88. The van der Waals surface area contributed by atoms with Gasteiger partial charge in [0.15, 0.2) is 0 Å². The SMILES string of the molecule is O=C(NCCN1CCOCC1)c1ccc2c(c1)C(=O)N(Cc1ccccc1)C2=O. The van der Waals surface area contributed by atoms with E-state index in [-0.39, 0.29) is 29.8 Å². The molecule has 2 aliphatic heterocycles. The summed E-state index contributed by atoms with van der Waals surface area (Å²) in [6.07, 6.45) is 0. The van der Waals surface area contributed by atoms with E-state index in [2.05, 4.69) is 10.2 Å². The molecule has 0 saturated carbocycles.